The molecule has 2 aromatic rings. The molecule has 0 aromatic heterocycles. The molecule has 20 heteroatoms. The highest BCUT2D eigenvalue weighted by molar-refractivity contribution is 5.98. The number of hydrogen-bond acceptors (Lipinski definition) is 12. The van der Waals surface area contributed by atoms with Crippen LogP contribution >= 0.6 is 0 Å². The summed E-state index contributed by atoms with van der Waals surface area (Å²) in [6.07, 6.45) is -3.88. The lowest BCUT2D eigenvalue weighted by Crippen LogP contribution is -2.65. The van der Waals surface area contributed by atoms with Gasteiger partial charge in [0.15, 0.2) is 0 Å². The molecular formula is C49H70N8O12. The molecule has 2 bridgehead atoms. The molecule has 0 radical (unpaired) electrons. The van der Waals surface area contributed by atoms with E-state index in [4.69, 9.17) is 10.5 Å². The third kappa shape index (κ3) is 15.7. The number of aliphatic hydroxyl groups excluding tert-OH is 1. The molecule has 4 rings (SSSR count). The number of esters is 1. The van der Waals surface area contributed by atoms with Gasteiger partial charge in [0.2, 0.25) is 47.3 Å². The van der Waals surface area contributed by atoms with Crippen LogP contribution in [-0.4, -0.2) is 135 Å². The number of ether oxygens (including phenoxy) is 1. The quantitative estimate of drug-likeness (QED) is 0.115. The molecule has 9 N–H and O–H groups in total. The fraction of sp³-hybridized carbons (Fsp3) is 0.571. The molecule has 0 aliphatic carbocycles. The first-order valence-corrected chi connectivity index (χ1v) is 23.6. The Labute approximate surface area is 403 Å². The number of carbonyl (C=O) groups excluding carboxylic acids is 9. The number of nitrogens with one attached hydrogen (secondary N) is 5. The van der Waals surface area contributed by atoms with Gasteiger partial charge in [-0.05, 0) is 73.6 Å². The number of cyclic esters (lactones) is 1. The van der Waals surface area contributed by atoms with Gasteiger partial charge in [-0.2, -0.15) is 0 Å². The third-order valence-corrected chi connectivity index (χ3v) is 12.1. The smallest absolute Gasteiger partial charge is 0.329 e. The van der Waals surface area contributed by atoms with E-state index >= 15 is 4.79 Å². The molecule has 1 unspecified atom stereocenters. The Morgan fingerprint density at radius 2 is 1.42 bits per heavy atom. The maximum atomic E-state index is 15.0. The Bertz CT molecular complexity index is 2150. The van der Waals surface area contributed by atoms with Gasteiger partial charge in [-0.25, -0.2) is 4.79 Å². The number of amides is 8. The first-order chi connectivity index (χ1) is 32.5. The highest BCUT2D eigenvalue weighted by atomic mass is 16.5. The summed E-state index contributed by atoms with van der Waals surface area (Å²) < 4.78 is 5.88. The number of nitrogens with two attached hydrogens (primary N) is 1. The Hall–Kier alpha value is -6.57. The van der Waals surface area contributed by atoms with Gasteiger partial charge in [0, 0.05) is 32.7 Å². The second-order valence-corrected chi connectivity index (χ2v) is 19.2. The Balaban J connectivity index is 1.87. The first-order valence-electron chi connectivity index (χ1n) is 23.6. The molecule has 9 atom stereocenters. The highest BCUT2D eigenvalue weighted by Gasteiger charge is 2.46. The topological polar surface area (TPSA) is 296 Å². The van der Waals surface area contributed by atoms with Crippen molar-refractivity contribution in [1.29, 1.82) is 0 Å². The first kappa shape index (κ1) is 55.0. The Morgan fingerprint density at radius 1 is 0.797 bits per heavy atom. The number of nitrogens with zero attached hydrogens (tertiary/aromatic N) is 2. The molecule has 0 saturated carbocycles. The Kier molecular flexibility index (Phi) is 20.1. The number of fused-ring (bicyclic) bond motifs is 2. The van der Waals surface area contributed by atoms with Crippen molar-refractivity contribution >= 4 is 53.2 Å². The van der Waals surface area contributed by atoms with Crippen molar-refractivity contribution < 1.29 is 58.1 Å². The van der Waals surface area contributed by atoms with Gasteiger partial charge in [0.05, 0.1) is 0 Å². The van der Waals surface area contributed by atoms with Crippen LogP contribution in [0.25, 0.3) is 0 Å². The number of piperidine rings is 1. The molecule has 8 amide bonds. The number of likely N-dealkylation sites (N-methyl/N-ethyl adjacent to an activating group) is 1. The normalized spacial score (nSPS) is 24.9. The minimum absolute atomic E-state index is 0.0238. The fourth-order valence-electron chi connectivity index (χ4n) is 8.33. The molecule has 69 heavy (non-hydrogen) atoms. The summed E-state index contributed by atoms with van der Waals surface area (Å²) in [5.41, 5.74) is 6.52. The summed E-state index contributed by atoms with van der Waals surface area (Å²) >= 11 is 0. The monoisotopic (exact) mass is 963 g/mol. The molecule has 2 saturated heterocycles. The van der Waals surface area contributed by atoms with Crippen LogP contribution in [0.5, 0.6) is 5.75 Å². The van der Waals surface area contributed by atoms with Crippen molar-refractivity contribution in [2.45, 2.75) is 154 Å². The average Bonchev–Trinajstić information content (AvgIpc) is 3.27. The van der Waals surface area contributed by atoms with Crippen molar-refractivity contribution in [3.8, 4) is 5.75 Å². The number of carbonyl (C=O) groups is 9. The third-order valence-electron chi connectivity index (χ3n) is 12.1. The van der Waals surface area contributed by atoms with Crippen LogP contribution in [0.2, 0.25) is 0 Å². The molecule has 2 aliphatic heterocycles. The molecule has 378 valence electrons. The molecule has 20 nitrogen and oxygen atoms in total. The summed E-state index contributed by atoms with van der Waals surface area (Å²) in [6, 6.07) is 4.67. The van der Waals surface area contributed by atoms with E-state index in [9.17, 15) is 48.6 Å². The van der Waals surface area contributed by atoms with Crippen LogP contribution < -0.4 is 32.3 Å². The standard InChI is InChI=1S/C49H70N8O12/c1-26(2)22-35-44(63)52-34-19-21-40(61)57(47(34)66)37(25-30-12-10-9-11-13-30)48(67)56(8)36(24-31-14-16-32(58)17-15-31)45(64)54-41(28(5)6)49(68)69-29(7)42(46(65)53-35)55-43(62)33(18-20-38(50)59)51-39(60)23-27(3)4/h9-17,26-29,33-37,40-42,58,61H,18-25H2,1-8H3,(H2,50,59)(H,51,60)(H,52,63)(H,53,65)(H,54,64)(H,55,62)/t29-,33+,34?,35+,36+,37+,40+,41+,42+/m1/s1. The van der Waals surface area contributed by atoms with Crippen molar-refractivity contribution in [3.05, 3.63) is 65.7 Å². The second-order valence-electron chi connectivity index (χ2n) is 19.2. The molecule has 2 aliphatic rings. The average molecular weight is 963 g/mol. The lowest BCUT2D eigenvalue weighted by molar-refractivity contribution is -0.165. The number of benzene rings is 2. The largest absolute Gasteiger partial charge is 0.508 e. The van der Waals surface area contributed by atoms with Gasteiger partial charge in [0.1, 0.15) is 60.4 Å². The van der Waals surface area contributed by atoms with E-state index in [1.54, 1.807) is 84.0 Å². The minimum Gasteiger partial charge on any atom is -0.508 e. The van der Waals surface area contributed by atoms with Crippen molar-refractivity contribution in [1.82, 2.24) is 36.4 Å². The van der Waals surface area contributed by atoms with E-state index in [1.807, 2.05) is 0 Å². The maximum absolute atomic E-state index is 15.0. The predicted molar refractivity (Wildman–Crippen MR) is 252 cm³/mol. The van der Waals surface area contributed by atoms with Crippen molar-refractivity contribution in [2.24, 2.45) is 23.5 Å². The number of phenols is 1. The van der Waals surface area contributed by atoms with Gasteiger partial charge in [0.25, 0.3) is 0 Å². The molecule has 2 fully saturated rings. The molecule has 2 aromatic carbocycles. The molecular weight excluding hydrogens is 893 g/mol. The zero-order valence-corrected chi connectivity index (χ0v) is 40.7. The highest BCUT2D eigenvalue weighted by Crippen LogP contribution is 2.26. The lowest BCUT2D eigenvalue weighted by atomic mass is 9.95. The number of aromatic hydroxyl groups is 1. The Morgan fingerprint density at radius 3 is 2.01 bits per heavy atom. The van der Waals surface area contributed by atoms with Crippen molar-refractivity contribution in [2.75, 3.05) is 7.05 Å². The summed E-state index contributed by atoms with van der Waals surface area (Å²) in [4.78, 5) is 128. The second kappa shape index (κ2) is 25.2. The van der Waals surface area contributed by atoms with Crippen LogP contribution in [0, 0.1) is 17.8 Å². The summed E-state index contributed by atoms with van der Waals surface area (Å²) in [7, 11) is 1.36. The zero-order valence-electron chi connectivity index (χ0n) is 40.7. The van der Waals surface area contributed by atoms with E-state index < -0.39 is 114 Å². The van der Waals surface area contributed by atoms with Gasteiger partial charge >= 0.3 is 5.97 Å². The number of aliphatic hydroxyl groups is 1. The van der Waals surface area contributed by atoms with Gasteiger partial charge in [-0.3, -0.25) is 38.4 Å². The van der Waals surface area contributed by atoms with E-state index in [0.29, 0.717) is 11.1 Å². The number of hydrogen-bond donors (Lipinski definition) is 8. The SMILES string of the molecule is CC(C)CC(=O)N[C@@H](CCC(N)=O)C(=O)N[C@@H]1C(=O)N[C@@H](CC(C)C)C(=O)NC2CC[C@H](O)N(C2=O)[C@@H](Cc2ccccc2)C(=O)N(C)[C@@H](Cc2ccc(O)cc2)C(=O)N[C@@H](C(C)C)C(=O)O[C@@H]1C. The zero-order chi connectivity index (χ0) is 51.3. The molecule has 2 heterocycles. The van der Waals surface area contributed by atoms with Crippen LogP contribution in [0.15, 0.2) is 54.6 Å². The van der Waals surface area contributed by atoms with Crippen LogP contribution in [0.3, 0.4) is 0 Å². The van der Waals surface area contributed by atoms with E-state index in [0.717, 1.165) is 9.80 Å². The number of phenolic OH excluding ortho intramolecular Hbond substituents is 1. The fourth-order valence-corrected chi connectivity index (χ4v) is 8.33. The van der Waals surface area contributed by atoms with Crippen LogP contribution in [0.4, 0.5) is 0 Å². The van der Waals surface area contributed by atoms with Gasteiger partial charge in [-0.15, -0.1) is 0 Å². The van der Waals surface area contributed by atoms with Gasteiger partial charge < -0.3 is 57.1 Å². The predicted octanol–water partition coefficient (Wildman–Crippen LogP) is 0.697. The minimum atomic E-state index is -1.75. The summed E-state index contributed by atoms with van der Waals surface area (Å²) in [6.45, 7) is 11.7. The van der Waals surface area contributed by atoms with E-state index in [1.165, 1.54) is 26.1 Å². The molecule has 0 spiro atoms. The number of rotatable bonds is 15. The van der Waals surface area contributed by atoms with Gasteiger partial charge in [-0.1, -0.05) is 84.0 Å². The maximum Gasteiger partial charge on any atom is 0.329 e. The number of primary amides is 1. The van der Waals surface area contributed by atoms with E-state index in [2.05, 4.69) is 26.6 Å². The summed E-state index contributed by atoms with van der Waals surface area (Å²) in [5.74, 6) is -8.45. The lowest BCUT2D eigenvalue weighted by Gasteiger charge is -2.43. The van der Waals surface area contributed by atoms with E-state index in [-0.39, 0.29) is 69.0 Å². The van der Waals surface area contributed by atoms with Crippen molar-refractivity contribution in [3.63, 3.8) is 0 Å². The summed E-state index contributed by atoms with van der Waals surface area (Å²) in [5, 5.41) is 34.8. The van der Waals surface area contributed by atoms with Crippen LogP contribution in [-0.2, 0) is 60.7 Å². The van der Waals surface area contributed by atoms with Crippen LogP contribution in [0.1, 0.15) is 98.1 Å².